The van der Waals surface area contributed by atoms with E-state index < -0.39 is 0 Å². The number of nitrogens with zero attached hydrogens (tertiary/aromatic N) is 1. The first-order valence-corrected chi connectivity index (χ1v) is 3.32. The normalized spacial score (nSPS) is 11.0. The van der Waals surface area contributed by atoms with Crippen molar-refractivity contribution in [2.75, 3.05) is 7.05 Å². The largest absolute Gasteiger partial charge is 0.436 e. The number of hydrogen-bond acceptors (Lipinski definition) is 1. The van der Waals surface area contributed by atoms with Gasteiger partial charge in [-0.15, -0.1) is 23.2 Å². The molecule has 1 N–H and O–H groups in total. The average Bonchev–Trinajstić information content (AvgIpc) is 1.94. The predicted octanol–water partition coefficient (Wildman–Crippen LogP) is 1.30. The molecular weight excluding hydrogens is 236 g/mol. The van der Waals surface area contributed by atoms with Crippen molar-refractivity contribution in [1.82, 2.24) is 4.98 Å². The number of pyridine rings is 1. The van der Waals surface area contributed by atoms with Crippen molar-refractivity contribution in [3.63, 3.8) is 0 Å². The van der Waals surface area contributed by atoms with Crippen LogP contribution in [0.15, 0.2) is 11.1 Å². The van der Waals surface area contributed by atoms with Gasteiger partial charge in [0.25, 0.3) is 0 Å². The summed E-state index contributed by atoms with van der Waals surface area (Å²) in [6.45, 7) is 1.93. The van der Waals surface area contributed by atoms with Gasteiger partial charge < -0.3 is 9.98 Å². The van der Waals surface area contributed by atoms with E-state index in [4.69, 9.17) is 11.6 Å². The summed E-state index contributed by atoms with van der Waals surface area (Å²) in [5.74, 6) is 0. The summed E-state index contributed by atoms with van der Waals surface area (Å²) in [5.41, 5.74) is 1.76. The van der Waals surface area contributed by atoms with Crippen LogP contribution in [-0.2, 0) is 32.7 Å². The van der Waals surface area contributed by atoms with Gasteiger partial charge in [-0.2, -0.15) is 6.07 Å². The molecule has 4 heteroatoms. The Bertz CT molecular complexity index is 293. The first-order valence-electron chi connectivity index (χ1n) is 2.94. The van der Waals surface area contributed by atoms with Crippen molar-refractivity contribution >= 4 is 11.6 Å². The van der Waals surface area contributed by atoms with Crippen LogP contribution in [0.1, 0.15) is 5.56 Å². The maximum atomic E-state index is 5.65. The third-order valence-electron chi connectivity index (χ3n) is 1.23. The second kappa shape index (κ2) is 5.07. The van der Waals surface area contributed by atoms with Crippen LogP contribution in [-0.4, -0.2) is 12.0 Å². The zero-order valence-electron chi connectivity index (χ0n) is 6.48. The molecule has 1 heterocycles. The van der Waals surface area contributed by atoms with Gasteiger partial charge in [0.15, 0.2) is 0 Å². The minimum Gasteiger partial charge on any atom is -0.436 e. The van der Waals surface area contributed by atoms with Gasteiger partial charge in [-0.05, 0) is 5.15 Å². The molecule has 0 unspecified atom stereocenters. The van der Waals surface area contributed by atoms with E-state index in [1.54, 1.807) is 13.1 Å². The molecular formula is C7H8ClN2Y-. The first kappa shape index (κ1) is 11.3. The van der Waals surface area contributed by atoms with E-state index in [0.29, 0.717) is 5.15 Å². The van der Waals surface area contributed by atoms with Crippen LogP contribution in [0.25, 0.3) is 0 Å². The van der Waals surface area contributed by atoms with Gasteiger partial charge in [0, 0.05) is 45.2 Å². The predicted molar refractivity (Wildman–Crippen MR) is 40.9 cm³/mol. The Hall–Kier alpha value is 0.344. The Morgan fingerprint density at radius 2 is 2.27 bits per heavy atom. The molecule has 0 aromatic carbocycles. The van der Waals surface area contributed by atoms with Crippen LogP contribution in [0.2, 0.25) is 5.15 Å². The van der Waals surface area contributed by atoms with Crippen LogP contribution in [0.4, 0.5) is 0 Å². The van der Waals surface area contributed by atoms with E-state index in [-0.39, 0.29) is 32.7 Å². The van der Waals surface area contributed by atoms with Gasteiger partial charge in [-0.3, -0.25) is 0 Å². The fraction of sp³-hybridized carbons (Fsp3) is 0.286. The van der Waals surface area contributed by atoms with Crippen molar-refractivity contribution in [3.8, 4) is 0 Å². The number of aryl methyl sites for hydroxylation is 1. The monoisotopic (exact) mass is 244 g/mol. The molecule has 0 aliphatic carbocycles. The van der Waals surface area contributed by atoms with Gasteiger partial charge in [0.1, 0.15) is 0 Å². The van der Waals surface area contributed by atoms with Crippen LogP contribution in [0, 0.1) is 13.0 Å². The van der Waals surface area contributed by atoms with Crippen molar-refractivity contribution in [2.45, 2.75) is 6.92 Å². The average molecular weight is 245 g/mol. The number of aromatic amines is 1. The van der Waals surface area contributed by atoms with Gasteiger partial charge >= 0.3 is 0 Å². The van der Waals surface area contributed by atoms with Crippen molar-refractivity contribution in [3.05, 3.63) is 28.3 Å². The Morgan fingerprint density at radius 3 is 2.73 bits per heavy atom. The third-order valence-corrected chi connectivity index (χ3v) is 1.44. The molecule has 0 amide bonds. The molecule has 0 aliphatic heterocycles. The summed E-state index contributed by atoms with van der Waals surface area (Å²) in [6, 6.07) is 4.65. The Labute approximate surface area is 96.0 Å². The molecule has 1 rings (SSSR count). The van der Waals surface area contributed by atoms with Gasteiger partial charge in [0.2, 0.25) is 0 Å². The van der Waals surface area contributed by atoms with E-state index >= 15 is 0 Å². The van der Waals surface area contributed by atoms with E-state index in [0.717, 1.165) is 11.1 Å². The molecule has 0 aliphatic rings. The van der Waals surface area contributed by atoms with Crippen molar-refractivity contribution < 1.29 is 32.7 Å². The van der Waals surface area contributed by atoms with E-state index in [1.807, 2.05) is 6.92 Å². The van der Waals surface area contributed by atoms with E-state index in [1.165, 1.54) is 0 Å². The SMILES string of the molecule is CN=c1[nH]c(Cl)c[c-]c1C.[Y]. The minimum atomic E-state index is 0. The van der Waals surface area contributed by atoms with E-state index in [9.17, 15) is 0 Å². The molecule has 0 bridgehead atoms. The molecule has 2 nitrogen and oxygen atoms in total. The maximum Gasteiger partial charge on any atom is 0.0164 e. The molecule has 0 spiro atoms. The molecule has 0 saturated carbocycles. The van der Waals surface area contributed by atoms with Crippen LogP contribution in [0.3, 0.4) is 0 Å². The summed E-state index contributed by atoms with van der Waals surface area (Å²) in [7, 11) is 1.71. The number of aromatic nitrogens is 1. The summed E-state index contributed by atoms with van der Waals surface area (Å²) in [4.78, 5) is 6.85. The Kier molecular flexibility index (Phi) is 5.23. The van der Waals surface area contributed by atoms with Crippen LogP contribution >= 0.6 is 11.6 Å². The molecule has 57 valence electrons. The number of halogens is 1. The Morgan fingerprint density at radius 1 is 1.64 bits per heavy atom. The topological polar surface area (TPSA) is 28.1 Å². The first-order chi connectivity index (χ1) is 4.74. The smallest absolute Gasteiger partial charge is 0.0164 e. The third kappa shape index (κ3) is 3.06. The summed E-state index contributed by atoms with van der Waals surface area (Å²) in [6.07, 6.45) is 0. The second-order valence-corrected chi connectivity index (χ2v) is 2.37. The molecule has 1 radical (unpaired) electrons. The fourth-order valence-electron chi connectivity index (χ4n) is 0.707. The van der Waals surface area contributed by atoms with Crippen LogP contribution in [0.5, 0.6) is 0 Å². The number of hydrogen-bond donors (Lipinski definition) is 1. The number of rotatable bonds is 0. The van der Waals surface area contributed by atoms with Gasteiger partial charge in [-0.25, -0.2) is 0 Å². The minimum absolute atomic E-state index is 0. The van der Waals surface area contributed by atoms with Crippen molar-refractivity contribution in [2.24, 2.45) is 4.99 Å². The fourth-order valence-corrected chi connectivity index (χ4v) is 0.851. The summed E-state index contributed by atoms with van der Waals surface area (Å²) in [5, 5.41) is 0.561. The quantitative estimate of drug-likeness (QED) is 0.526. The van der Waals surface area contributed by atoms with Gasteiger partial charge in [-0.1, -0.05) is 6.92 Å². The van der Waals surface area contributed by atoms with E-state index in [2.05, 4.69) is 16.0 Å². The molecule has 0 fully saturated rings. The summed E-state index contributed by atoms with van der Waals surface area (Å²) < 4.78 is 0. The van der Waals surface area contributed by atoms with Crippen LogP contribution < -0.4 is 5.49 Å². The zero-order chi connectivity index (χ0) is 7.56. The van der Waals surface area contributed by atoms with Crippen molar-refractivity contribution in [1.29, 1.82) is 0 Å². The summed E-state index contributed by atoms with van der Waals surface area (Å²) >= 11 is 5.65. The Balaban J connectivity index is 0.000001000. The molecule has 1 aromatic heterocycles. The second-order valence-electron chi connectivity index (χ2n) is 1.96. The molecule has 11 heavy (non-hydrogen) atoms. The number of nitrogens with one attached hydrogen (secondary N) is 1. The molecule has 0 saturated heterocycles. The molecule has 0 atom stereocenters. The van der Waals surface area contributed by atoms with Gasteiger partial charge in [0.05, 0.1) is 0 Å². The molecule has 1 aromatic rings. The zero-order valence-corrected chi connectivity index (χ0v) is 10.1. The standard InChI is InChI=1S/C7H8ClN2.Y/c1-5-3-4-6(8)10-7(5)9-2;/h4H,1-2H3,(H,9,10);/q-1;. The number of H-pyrrole nitrogens is 1. The maximum absolute atomic E-state index is 5.65.